The first kappa shape index (κ1) is 24.1. The minimum atomic E-state index is -0.360. The molecule has 2 N–H and O–H groups in total. The van der Waals surface area contributed by atoms with Crippen LogP contribution in [0.2, 0.25) is 0 Å². The molecule has 0 bridgehead atoms. The third-order valence-electron chi connectivity index (χ3n) is 4.63. The molecule has 1 aliphatic heterocycles. The molecule has 2 rings (SSSR count). The number of guanidine groups is 1. The average molecular weight is 492 g/mol. The molecule has 0 unspecified atom stereocenters. The summed E-state index contributed by atoms with van der Waals surface area (Å²) in [7, 11) is 0. The molecule has 0 amide bonds. The molecule has 7 heteroatoms. The molecule has 0 atom stereocenters. The summed E-state index contributed by atoms with van der Waals surface area (Å²) in [6.07, 6.45) is 1.06. The van der Waals surface area contributed by atoms with Crippen molar-refractivity contribution in [2.45, 2.75) is 32.6 Å². The first-order valence-electron chi connectivity index (χ1n) is 9.60. The van der Waals surface area contributed by atoms with E-state index < -0.39 is 0 Å². The Morgan fingerprint density at radius 1 is 1.22 bits per heavy atom. The highest BCUT2D eigenvalue weighted by atomic mass is 127. The maximum absolute atomic E-state index is 14.1. The smallest absolute Gasteiger partial charge is 0.191 e. The standard InChI is InChI=1S/C20H33FN4O.HI/c1-4-22-19(23-10-7-11-25-12-14-26-15-13-25)24-16-20(2,3)17-8-5-6-9-18(17)21;/h5-6,8-9H,4,7,10-16H2,1-3H3,(H2,22,23,24);1H. The summed E-state index contributed by atoms with van der Waals surface area (Å²) in [4.78, 5) is 7.11. The van der Waals surface area contributed by atoms with Crippen molar-refractivity contribution in [2.24, 2.45) is 4.99 Å². The maximum Gasteiger partial charge on any atom is 0.191 e. The number of rotatable bonds is 8. The fourth-order valence-corrected chi connectivity index (χ4v) is 3.05. The first-order chi connectivity index (χ1) is 12.5. The van der Waals surface area contributed by atoms with E-state index in [0.717, 1.165) is 58.3 Å². The summed E-state index contributed by atoms with van der Waals surface area (Å²) in [6.45, 7) is 13.1. The highest BCUT2D eigenvalue weighted by Gasteiger charge is 2.23. The first-order valence-corrected chi connectivity index (χ1v) is 9.60. The predicted molar refractivity (Wildman–Crippen MR) is 121 cm³/mol. The third kappa shape index (κ3) is 8.31. The van der Waals surface area contributed by atoms with Crippen LogP contribution in [0.3, 0.4) is 0 Å². The number of hydrogen-bond donors (Lipinski definition) is 2. The van der Waals surface area contributed by atoms with Gasteiger partial charge in [-0.25, -0.2) is 4.39 Å². The molecule has 0 saturated carbocycles. The summed E-state index contributed by atoms with van der Waals surface area (Å²) < 4.78 is 19.5. The summed E-state index contributed by atoms with van der Waals surface area (Å²) in [5.74, 6) is 0.620. The van der Waals surface area contributed by atoms with Gasteiger partial charge in [0.2, 0.25) is 0 Å². The molecule has 1 aromatic carbocycles. The normalized spacial score (nSPS) is 15.9. The molecular weight excluding hydrogens is 458 g/mol. The van der Waals surface area contributed by atoms with E-state index in [1.165, 1.54) is 6.07 Å². The Hall–Kier alpha value is -0.930. The molecular formula is C20H34FIN4O. The molecule has 1 fully saturated rings. The molecule has 1 aliphatic rings. The quantitative estimate of drug-likeness (QED) is 0.254. The lowest BCUT2D eigenvalue weighted by Gasteiger charge is -2.26. The lowest BCUT2D eigenvalue weighted by molar-refractivity contribution is 0.0376. The van der Waals surface area contributed by atoms with Gasteiger partial charge >= 0.3 is 0 Å². The van der Waals surface area contributed by atoms with Crippen molar-refractivity contribution in [3.05, 3.63) is 35.6 Å². The second-order valence-corrected chi connectivity index (χ2v) is 7.29. The molecule has 0 aromatic heterocycles. The zero-order valence-electron chi connectivity index (χ0n) is 16.8. The van der Waals surface area contributed by atoms with Gasteiger partial charge in [-0.2, -0.15) is 0 Å². The van der Waals surface area contributed by atoms with Gasteiger partial charge in [-0.1, -0.05) is 32.0 Å². The molecule has 0 aliphatic carbocycles. The Balaban J connectivity index is 0.00000364. The highest BCUT2D eigenvalue weighted by molar-refractivity contribution is 14.0. The zero-order chi connectivity index (χ0) is 18.8. The number of morpholine rings is 1. The van der Waals surface area contributed by atoms with E-state index in [2.05, 4.69) is 20.5 Å². The number of halogens is 2. The van der Waals surface area contributed by atoms with E-state index in [0.29, 0.717) is 12.1 Å². The molecule has 0 spiro atoms. The number of aliphatic imine (C=N–C) groups is 1. The van der Waals surface area contributed by atoms with Gasteiger partial charge in [-0.05, 0) is 31.5 Å². The molecule has 1 aromatic rings. The van der Waals surface area contributed by atoms with Crippen molar-refractivity contribution in [3.63, 3.8) is 0 Å². The largest absolute Gasteiger partial charge is 0.379 e. The fourth-order valence-electron chi connectivity index (χ4n) is 3.05. The maximum atomic E-state index is 14.1. The monoisotopic (exact) mass is 492 g/mol. The van der Waals surface area contributed by atoms with Crippen molar-refractivity contribution in [1.82, 2.24) is 15.5 Å². The number of hydrogen-bond acceptors (Lipinski definition) is 3. The van der Waals surface area contributed by atoms with E-state index in [4.69, 9.17) is 4.74 Å². The van der Waals surface area contributed by atoms with E-state index in [-0.39, 0.29) is 35.2 Å². The van der Waals surface area contributed by atoms with Crippen LogP contribution in [0.15, 0.2) is 29.3 Å². The number of nitrogens with one attached hydrogen (secondary N) is 2. The van der Waals surface area contributed by atoms with Gasteiger partial charge in [0.25, 0.3) is 0 Å². The van der Waals surface area contributed by atoms with Crippen LogP contribution in [0.25, 0.3) is 0 Å². The van der Waals surface area contributed by atoms with Crippen LogP contribution >= 0.6 is 24.0 Å². The summed E-state index contributed by atoms with van der Waals surface area (Å²) >= 11 is 0. The van der Waals surface area contributed by atoms with Gasteiger partial charge in [0.15, 0.2) is 5.96 Å². The van der Waals surface area contributed by atoms with Gasteiger partial charge in [0.05, 0.1) is 19.8 Å². The highest BCUT2D eigenvalue weighted by Crippen LogP contribution is 2.25. The fraction of sp³-hybridized carbons (Fsp3) is 0.650. The minimum absolute atomic E-state index is 0. The molecule has 154 valence electrons. The Labute approximate surface area is 180 Å². The van der Waals surface area contributed by atoms with Crippen molar-refractivity contribution in [1.29, 1.82) is 0 Å². The van der Waals surface area contributed by atoms with Crippen LogP contribution in [-0.2, 0) is 10.2 Å². The Morgan fingerprint density at radius 3 is 2.59 bits per heavy atom. The third-order valence-corrected chi connectivity index (χ3v) is 4.63. The van der Waals surface area contributed by atoms with Crippen LogP contribution in [-0.4, -0.2) is 63.3 Å². The number of ether oxygens (including phenoxy) is 1. The van der Waals surface area contributed by atoms with Crippen LogP contribution in [0.5, 0.6) is 0 Å². The van der Waals surface area contributed by atoms with Gasteiger partial charge in [0, 0.05) is 31.6 Å². The van der Waals surface area contributed by atoms with Crippen molar-refractivity contribution in [3.8, 4) is 0 Å². The van der Waals surface area contributed by atoms with Gasteiger partial charge in [0.1, 0.15) is 5.82 Å². The topological polar surface area (TPSA) is 48.9 Å². The van der Waals surface area contributed by atoms with Crippen LogP contribution in [0, 0.1) is 5.82 Å². The van der Waals surface area contributed by atoms with Crippen molar-refractivity contribution in [2.75, 3.05) is 52.5 Å². The van der Waals surface area contributed by atoms with Crippen LogP contribution in [0.4, 0.5) is 4.39 Å². The van der Waals surface area contributed by atoms with Crippen molar-refractivity contribution < 1.29 is 9.13 Å². The van der Waals surface area contributed by atoms with Crippen LogP contribution in [0.1, 0.15) is 32.8 Å². The van der Waals surface area contributed by atoms with Crippen molar-refractivity contribution >= 4 is 29.9 Å². The molecule has 5 nitrogen and oxygen atoms in total. The summed E-state index contributed by atoms with van der Waals surface area (Å²) in [6, 6.07) is 6.95. The van der Waals surface area contributed by atoms with Crippen LogP contribution < -0.4 is 10.6 Å². The zero-order valence-corrected chi connectivity index (χ0v) is 19.1. The second-order valence-electron chi connectivity index (χ2n) is 7.29. The van der Waals surface area contributed by atoms with Gasteiger partial charge < -0.3 is 15.4 Å². The number of benzene rings is 1. The lowest BCUT2D eigenvalue weighted by atomic mass is 9.84. The lowest BCUT2D eigenvalue weighted by Crippen LogP contribution is -2.41. The molecule has 1 saturated heterocycles. The van der Waals surface area contributed by atoms with E-state index >= 15 is 0 Å². The minimum Gasteiger partial charge on any atom is -0.379 e. The van der Waals surface area contributed by atoms with E-state index in [1.54, 1.807) is 6.07 Å². The SMILES string of the molecule is CCNC(=NCC(C)(C)c1ccccc1F)NCCCN1CCOCC1.I. The average Bonchev–Trinajstić information content (AvgIpc) is 2.64. The Morgan fingerprint density at radius 2 is 1.93 bits per heavy atom. The molecule has 1 heterocycles. The second kappa shape index (κ2) is 12.5. The Kier molecular flexibility index (Phi) is 11.2. The molecule has 0 radical (unpaired) electrons. The van der Waals surface area contributed by atoms with E-state index in [9.17, 15) is 4.39 Å². The summed E-state index contributed by atoms with van der Waals surface area (Å²) in [5, 5.41) is 6.66. The molecule has 27 heavy (non-hydrogen) atoms. The van der Waals surface area contributed by atoms with Gasteiger partial charge in [-0.3, -0.25) is 9.89 Å². The summed E-state index contributed by atoms with van der Waals surface area (Å²) in [5.41, 5.74) is 0.341. The predicted octanol–water partition coefficient (Wildman–Crippen LogP) is 3.00. The van der Waals surface area contributed by atoms with E-state index in [1.807, 2.05) is 32.9 Å². The Bertz CT molecular complexity index is 577. The number of nitrogens with zero attached hydrogens (tertiary/aromatic N) is 2. The van der Waals surface area contributed by atoms with Gasteiger partial charge in [-0.15, -0.1) is 24.0 Å².